The van der Waals surface area contributed by atoms with Crippen LogP contribution in [-0.4, -0.2) is 30.5 Å². The molecule has 0 atom stereocenters. The summed E-state index contributed by atoms with van der Waals surface area (Å²) >= 11 is 1.11. The van der Waals surface area contributed by atoms with Crippen LogP contribution in [0.5, 0.6) is 5.75 Å². The minimum absolute atomic E-state index is 0.125. The fourth-order valence-electron chi connectivity index (χ4n) is 2.63. The van der Waals surface area contributed by atoms with Gasteiger partial charge in [0.1, 0.15) is 5.75 Å². The number of Topliss-reactive ketones (excluding diaryl/α,β-unsaturated/α-hetero) is 1. The summed E-state index contributed by atoms with van der Waals surface area (Å²) in [5.74, 6) is -0.189. The van der Waals surface area contributed by atoms with Gasteiger partial charge in [0.15, 0.2) is 17.3 Å². The summed E-state index contributed by atoms with van der Waals surface area (Å²) < 4.78 is 10.2. The number of allylic oxidation sites excluding steroid dienone is 1. The highest BCUT2D eigenvalue weighted by atomic mass is 32.1. The standard InChI is InChI=1S/C22H27NO4S.3C2H6/c1-4-5-6-7-8-9-10-17-11-12-18(13-16(17)2)27-14-20(24)21-23-19(15-28-21)22(25)26-3;3*1-2/h9-13,15H,4-8,14H2,1-3H3;3*1-2H3. The summed E-state index contributed by atoms with van der Waals surface area (Å²) in [5, 5.41) is 1.74. The Morgan fingerprint density at radius 2 is 1.71 bits per heavy atom. The van der Waals surface area contributed by atoms with Gasteiger partial charge in [-0.25, -0.2) is 9.78 Å². The van der Waals surface area contributed by atoms with Crippen LogP contribution in [0.15, 0.2) is 29.7 Å². The fourth-order valence-corrected chi connectivity index (χ4v) is 3.35. The highest BCUT2D eigenvalue weighted by Gasteiger charge is 2.16. The van der Waals surface area contributed by atoms with E-state index in [1.807, 2.05) is 66.7 Å². The first kappa shape index (κ1) is 33.7. The van der Waals surface area contributed by atoms with E-state index in [0.29, 0.717) is 5.75 Å². The van der Waals surface area contributed by atoms with Crippen LogP contribution in [0.25, 0.3) is 6.08 Å². The molecule has 2 aromatic rings. The van der Waals surface area contributed by atoms with Crippen molar-refractivity contribution in [3.63, 3.8) is 0 Å². The Labute approximate surface area is 211 Å². The third-order valence-corrected chi connectivity index (χ3v) is 5.15. The molecule has 1 aromatic heterocycles. The predicted octanol–water partition coefficient (Wildman–Crippen LogP) is 8.56. The lowest BCUT2D eigenvalue weighted by molar-refractivity contribution is 0.0595. The monoisotopic (exact) mass is 491 g/mol. The van der Waals surface area contributed by atoms with E-state index >= 15 is 0 Å². The molecule has 0 bridgehead atoms. The molecule has 0 saturated carbocycles. The lowest BCUT2D eigenvalue weighted by Gasteiger charge is -2.07. The summed E-state index contributed by atoms with van der Waals surface area (Å²) in [6, 6.07) is 5.78. The normalized spacial score (nSPS) is 9.56. The largest absolute Gasteiger partial charge is 0.485 e. The average Bonchev–Trinajstić information content (AvgIpc) is 3.39. The van der Waals surface area contributed by atoms with E-state index in [1.54, 1.807) is 0 Å². The lowest BCUT2D eigenvalue weighted by Crippen LogP contribution is -2.12. The van der Waals surface area contributed by atoms with Crippen molar-refractivity contribution in [2.24, 2.45) is 0 Å². The van der Waals surface area contributed by atoms with Gasteiger partial charge in [-0.05, 0) is 43.0 Å². The number of methoxy groups -OCH3 is 1. The van der Waals surface area contributed by atoms with Crippen molar-refractivity contribution in [1.29, 1.82) is 0 Å². The fraction of sp³-hybridized carbons (Fsp3) is 0.536. The number of hydrogen-bond donors (Lipinski definition) is 0. The molecule has 0 spiro atoms. The first-order valence-corrected chi connectivity index (χ1v) is 13.4. The maximum Gasteiger partial charge on any atom is 0.357 e. The van der Waals surface area contributed by atoms with E-state index in [4.69, 9.17) is 4.74 Å². The van der Waals surface area contributed by atoms with Crippen molar-refractivity contribution in [3.8, 4) is 5.75 Å². The molecule has 0 unspecified atom stereocenters. The second-order valence-electron chi connectivity index (χ2n) is 6.51. The number of benzene rings is 1. The molecule has 0 aliphatic heterocycles. The molecule has 192 valence electrons. The number of rotatable bonds is 11. The Morgan fingerprint density at radius 3 is 2.29 bits per heavy atom. The van der Waals surface area contributed by atoms with Gasteiger partial charge in [-0.2, -0.15) is 0 Å². The van der Waals surface area contributed by atoms with Crippen LogP contribution in [0.4, 0.5) is 0 Å². The number of hydrogen-bond acceptors (Lipinski definition) is 6. The molecule has 0 saturated heterocycles. The molecule has 2 rings (SSSR count). The maximum atomic E-state index is 12.2. The van der Waals surface area contributed by atoms with E-state index in [1.165, 1.54) is 38.2 Å². The second-order valence-corrected chi connectivity index (χ2v) is 7.37. The number of nitrogens with zero attached hydrogens (tertiary/aromatic N) is 1. The zero-order valence-electron chi connectivity index (χ0n) is 22.7. The summed E-state index contributed by atoms with van der Waals surface area (Å²) in [5.41, 5.74) is 2.38. The number of esters is 1. The van der Waals surface area contributed by atoms with Gasteiger partial charge in [0, 0.05) is 5.38 Å². The third kappa shape index (κ3) is 13.3. The van der Waals surface area contributed by atoms with Crippen molar-refractivity contribution in [2.45, 2.75) is 87.5 Å². The highest BCUT2D eigenvalue weighted by molar-refractivity contribution is 7.12. The Morgan fingerprint density at radius 1 is 1.03 bits per heavy atom. The number of aromatic nitrogens is 1. The lowest BCUT2D eigenvalue weighted by atomic mass is 10.1. The zero-order chi connectivity index (χ0) is 26.4. The first-order chi connectivity index (χ1) is 16.5. The zero-order valence-corrected chi connectivity index (χ0v) is 23.5. The van der Waals surface area contributed by atoms with Crippen molar-refractivity contribution in [1.82, 2.24) is 4.98 Å². The molecule has 0 radical (unpaired) electrons. The van der Waals surface area contributed by atoms with Gasteiger partial charge in [-0.15, -0.1) is 11.3 Å². The summed E-state index contributed by atoms with van der Waals surface area (Å²) in [7, 11) is 1.28. The Bertz CT molecular complexity index is 828. The van der Waals surface area contributed by atoms with Crippen molar-refractivity contribution in [2.75, 3.05) is 13.7 Å². The maximum absolute atomic E-state index is 12.2. The molecule has 1 heterocycles. The molecular formula is C28H45NO4S. The number of carbonyl (C=O) groups excluding carboxylic acids is 2. The first-order valence-electron chi connectivity index (χ1n) is 12.5. The predicted molar refractivity (Wildman–Crippen MR) is 146 cm³/mol. The van der Waals surface area contributed by atoms with Crippen LogP contribution >= 0.6 is 11.3 Å². The number of unbranched alkanes of at least 4 members (excludes halogenated alkanes) is 4. The molecule has 0 N–H and O–H groups in total. The SMILES string of the molecule is CC.CC.CC.CCCCCCC=Cc1ccc(OCC(=O)c2nc(C(=O)OC)cs2)cc1C. The van der Waals surface area contributed by atoms with E-state index in [2.05, 4.69) is 28.8 Å². The molecule has 6 heteroatoms. The van der Waals surface area contributed by atoms with Crippen LogP contribution in [0.3, 0.4) is 0 Å². The van der Waals surface area contributed by atoms with E-state index in [0.717, 1.165) is 28.9 Å². The molecule has 0 aliphatic carbocycles. The van der Waals surface area contributed by atoms with Crippen molar-refractivity contribution < 1.29 is 19.1 Å². The molecule has 0 aliphatic rings. The van der Waals surface area contributed by atoms with Crippen LogP contribution in [0.2, 0.25) is 0 Å². The minimum atomic E-state index is -0.555. The average molecular weight is 492 g/mol. The van der Waals surface area contributed by atoms with Crippen LogP contribution in [0.1, 0.15) is 112 Å². The second kappa shape index (κ2) is 22.3. The van der Waals surface area contributed by atoms with Gasteiger partial charge in [-0.1, -0.05) is 85.9 Å². The Kier molecular flexibility index (Phi) is 22.1. The van der Waals surface area contributed by atoms with Crippen LogP contribution < -0.4 is 4.74 Å². The van der Waals surface area contributed by atoms with Gasteiger partial charge in [0.2, 0.25) is 5.78 Å². The summed E-state index contributed by atoms with van der Waals surface area (Å²) in [4.78, 5) is 27.6. The number of ether oxygens (including phenoxy) is 2. The topological polar surface area (TPSA) is 65.5 Å². The van der Waals surface area contributed by atoms with Crippen molar-refractivity contribution >= 4 is 29.2 Å². The van der Waals surface area contributed by atoms with Crippen LogP contribution in [0, 0.1) is 6.92 Å². The smallest absolute Gasteiger partial charge is 0.357 e. The molecular weight excluding hydrogens is 446 g/mol. The van der Waals surface area contributed by atoms with Gasteiger partial charge in [0.05, 0.1) is 7.11 Å². The summed E-state index contributed by atoms with van der Waals surface area (Å²) in [6.45, 7) is 16.1. The third-order valence-electron chi connectivity index (χ3n) is 4.27. The number of carbonyl (C=O) groups is 2. The number of thiazole rings is 1. The molecule has 1 aromatic carbocycles. The van der Waals surface area contributed by atoms with Gasteiger partial charge < -0.3 is 9.47 Å². The Hall–Kier alpha value is -2.47. The number of ketones is 1. The van der Waals surface area contributed by atoms with E-state index in [-0.39, 0.29) is 23.1 Å². The van der Waals surface area contributed by atoms with Crippen molar-refractivity contribution in [3.05, 3.63) is 51.5 Å². The minimum Gasteiger partial charge on any atom is -0.485 e. The van der Waals surface area contributed by atoms with Gasteiger partial charge in [0.25, 0.3) is 0 Å². The quantitative estimate of drug-likeness (QED) is 0.179. The molecule has 0 fully saturated rings. The van der Waals surface area contributed by atoms with E-state index in [9.17, 15) is 9.59 Å². The molecule has 34 heavy (non-hydrogen) atoms. The Balaban J connectivity index is 0. The molecule has 5 nitrogen and oxygen atoms in total. The van der Waals surface area contributed by atoms with E-state index < -0.39 is 5.97 Å². The van der Waals surface area contributed by atoms with Crippen LogP contribution in [-0.2, 0) is 4.74 Å². The summed E-state index contributed by atoms with van der Waals surface area (Å²) in [6.07, 6.45) is 10.5. The highest BCUT2D eigenvalue weighted by Crippen LogP contribution is 2.20. The number of aryl methyl sites for hydroxylation is 1. The van der Waals surface area contributed by atoms with Gasteiger partial charge >= 0.3 is 5.97 Å². The molecule has 0 amide bonds. The van der Waals surface area contributed by atoms with Gasteiger partial charge in [-0.3, -0.25) is 4.79 Å².